The summed E-state index contributed by atoms with van der Waals surface area (Å²) in [6.07, 6.45) is 1.80. The Labute approximate surface area is 173 Å². The van der Waals surface area contributed by atoms with Crippen LogP contribution in [0.1, 0.15) is 60.2 Å². The van der Waals surface area contributed by atoms with E-state index in [2.05, 4.69) is 10.6 Å². The minimum absolute atomic E-state index is 0.103. The molecule has 0 aliphatic carbocycles. The molecule has 158 valence electrons. The molecule has 0 aromatic heterocycles. The second kappa shape index (κ2) is 10.2. The van der Waals surface area contributed by atoms with Gasteiger partial charge in [-0.3, -0.25) is 9.59 Å². The molecule has 0 heterocycles. The number of hydrogen-bond donors (Lipinski definition) is 4. The molecule has 2 aromatic rings. The van der Waals surface area contributed by atoms with E-state index < -0.39 is 11.9 Å². The maximum atomic E-state index is 11.8. The molecular formula is C22H24N2O6. The molecule has 2 rings (SSSR count). The van der Waals surface area contributed by atoms with Crippen molar-refractivity contribution in [3.63, 3.8) is 0 Å². The number of carbonyl (C=O) groups is 4. The lowest BCUT2D eigenvalue weighted by Crippen LogP contribution is -2.14. The predicted molar refractivity (Wildman–Crippen MR) is 113 cm³/mol. The van der Waals surface area contributed by atoms with Crippen molar-refractivity contribution in [3.8, 4) is 11.1 Å². The highest BCUT2D eigenvalue weighted by Gasteiger charge is 2.17. The second-order valence-electron chi connectivity index (χ2n) is 6.73. The summed E-state index contributed by atoms with van der Waals surface area (Å²) in [5, 5.41) is 24.2. The molecule has 0 fully saturated rings. The maximum Gasteiger partial charge on any atom is 0.337 e. The van der Waals surface area contributed by atoms with Gasteiger partial charge in [0.25, 0.3) is 0 Å². The molecule has 0 saturated heterocycles. The quantitative estimate of drug-likeness (QED) is 0.487. The summed E-state index contributed by atoms with van der Waals surface area (Å²) in [7, 11) is 0. The number of anilines is 2. The molecule has 0 aliphatic heterocycles. The normalized spacial score (nSPS) is 10.3. The molecule has 8 heteroatoms. The summed E-state index contributed by atoms with van der Waals surface area (Å²) in [6.45, 7) is 3.68. The van der Waals surface area contributed by atoms with Crippen molar-refractivity contribution in [2.45, 2.75) is 39.5 Å². The van der Waals surface area contributed by atoms with E-state index >= 15 is 0 Å². The van der Waals surface area contributed by atoms with Gasteiger partial charge in [-0.1, -0.05) is 26.0 Å². The van der Waals surface area contributed by atoms with Crippen LogP contribution in [-0.2, 0) is 9.59 Å². The third kappa shape index (κ3) is 5.66. The van der Waals surface area contributed by atoms with Gasteiger partial charge in [-0.25, -0.2) is 9.59 Å². The van der Waals surface area contributed by atoms with Crippen LogP contribution in [0.2, 0.25) is 0 Å². The standard InChI is InChI=1S/C22H24N2O6/c1-3-5-19(25)23-17-9-7-13(11-15(17)21(27)28)14-8-10-18(16(12-14)22(29)30)24-20(26)6-4-2/h7-12H,3-6H2,1-2H3,(H,23,25)(H,24,26)(H,27,28)(H,29,30). The van der Waals surface area contributed by atoms with Gasteiger partial charge in [0.05, 0.1) is 22.5 Å². The number of benzene rings is 2. The average Bonchev–Trinajstić information content (AvgIpc) is 2.68. The van der Waals surface area contributed by atoms with E-state index in [4.69, 9.17) is 0 Å². The molecule has 8 nitrogen and oxygen atoms in total. The molecule has 0 aliphatic rings. The second-order valence-corrected chi connectivity index (χ2v) is 6.73. The molecule has 2 aromatic carbocycles. The SMILES string of the molecule is CCCC(=O)Nc1ccc(-c2ccc(NC(=O)CCC)c(C(=O)O)c2)cc1C(=O)O. The number of hydrogen-bond acceptors (Lipinski definition) is 4. The van der Waals surface area contributed by atoms with Gasteiger partial charge in [0.1, 0.15) is 0 Å². The van der Waals surface area contributed by atoms with E-state index in [1.165, 1.54) is 24.3 Å². The summed E-state index contributed by atoms with van der Waals surface area (Å²) < 4.78 is 0. The predicted octanol–water partition coefficient (Wildman–Crippen LogP) is 4.23. The molecule has 0 unspecified atom stereocenters. The molecule has 0 saturated carbocycles. The number of amides is 2. The number of nitrogens with one attached hydrogen (secondary N) is 2. The molecule has 0 bridgehead atoms. The molecular weight excluding hydrogens is 388 g/mol. The van der Waals surface area contributed by atoms with Crippen molar-refractivity contribution in [3.05, 3.63) is 47.5 Å². The number of carboxylic acids is 2. The summed E-state index contributed by atoms with van der Waals surface area (Å²) >= 11 is 0. The van der Waals surface area contributed by atoms with E-state index in [1.807, 2.05) is 13.8 Å². The molecule has 0 radical (unpaired) electrons. The van der Waals surface area contributed by atoms with Crippen molar-refractivity contribution < 1.29 is 29.4 Å². The third-order valence-electron chi connectivity index (χ3n) is 4.34. The highest BCUT2D eigenvalue weighted by molar-refractivity contribution is 6.03. The summed E-state index contributed by atoms with van der Waals surface area (Å²) in [5.41, 5.74) is 1.08. The van der Waals surface area contributed by atoms with Crippen LogP contribution in [0.5, 0.6) is 0 Å². The van der Waals surface area contributed by atoms with Crippen LogP contribution < -0.4 is 10.6 Å². The van der Waals surface area contributed by atoms with Gasteiger partial charge < -0.3 is 20.8 Å². The molecule has 2 amide bonds. The Morgan fingerprint density at radius 3 is 1.37 bits per heavy atom. The van der Waals surface area contributed by atoms with Crippen molar-refractivity contribution in [2.75, 3.05) is 10.6 Å². The topological polar surface area (TPSA) is 133 Å². The van der Waals surface area contributed by atoms with Crippen LogP contribution in [0.3, 0.4) is 0 Å². The van der Waals surface area contributed by atoms with Crippen LogP contribution in [0.4, 0.5) is 11.4 Å². The van der Waals surface area contributed by atoms with E-state index in [9.17, 15) is 29.4 Å². The smallest absolute Gasteiger partial charge is 0.337 e. The fourth-order valence-electron chi connectivity index (χ4n) is 2.90. The Morgan fingerprint density at radius 1 is 0.700 bits per heavy atom. The zero-order chi connectivity index (χ0) is 22.3. The highest BCUT2D eigenvalue weighted by atomic mass is 16.4. The van der Waals surface area contributed by atoms with Gasteiger partial charge in [-0.2, -0.15) is 0 Å². The lowest BCUT2D eigenvalue weighted by Gasteiger charge is -2.13. The lowest BCUT2D eigenvalue weighted by atomic mass is 9.98. The Kier molecular flexibility index (Phi) is 7.69. The zero-order valence-electron chi connectivity index (χ0n) is 16.8. The Hall–Kier alpha value is -3.68. The van der Waals surface area contributed by atoms with E-state index in [0.29, 0.717) is 24.0 Å². The minimum atomic E-state index is -1.22. The first-order chi connectivity index (χ1) is 14.3. The maximum absolute atomic E-state index is 11.8. The molecule has 0 spiro atoms. The van der Waals surface area contributed by atoms with Gasteiger partial charge in [0, 0.05) is 12.8 Å². The van der Waals surface area contributed by atoms with Gasteiger partial charge >= 0.3 is 11.9 Å². The monoisotopic (exact) mass is 412 g/mol. The van der Waals surface area contributed by atoms with Crippen molar-refractivity contribution in [2.24, 2.45) is 0 Å². The fraction of sp³-hybridized carbons (Fsp3) is 0.273. The number of carbonyl (C=O) groups excluding carboxylic acids is 2. The summed E-state index contributed by atoms with van der Waals surface area (Å²) in [4.78, 5) is 47.0. The zero-order valence-corrected chi connectivity index (χ0v) is 16.8. The Balaban J connectivity index is 2.43. The minimum Gasteiger partial charge on any atom is -0.478 e. The summed E-state index contributed by atoms with van der Waals surface area (Å²) in [6, 6.07) is 8.91. The molecule has 4 N–H and O–H groups in total. The van der Waals surface area contributed by atoms with Gasteiger partial charge in [0.15, 0.2) is 0 Å². The van der Waals surface area contributed by atoms with Gasteiger partial charge in [-0.15, -0.1) is 0 Å². The molecule has 0 atom stereocenters. The van der Waals surface area contributed by atoms with Crippen LogP contribution in [0.25, 0.3) is 11.1 Å². The van der Waals surface area contributed by atoms with E-state index in [0.717, 1.165) is 0 Å². The average molecular weight is 412 g/mol. The largest absolute Gasteiger partial charge is 0.478 e. The van der Waals surface area contributed by atoms with Crippen LogP contribution in [0.15, 0.2) is 36.4 Å². The fourth-order valence-corrected chi connectivity index (χ4v) is 2.90. The first kappa shape index (κ1) is 22.6. The number of aromatic carboxylic acids is 2. The van der Waals surface area contributed by atoms with Gasteiger partial charge in [0.2, 0.25) is 11.8 Å². The number of carboxylic acid groups (broad SMARTS) is 2. The number of rotatable bonds is 9. The third-order valence-corrected chi connectivity index (χ3v) is 4.34. The van der Waals surface area contributed by atoms with Crippen LogP contribution in [-0.4, -0.2) is 34.0 Å². The first-order valence-corrected chi connectivity index (χ1v) is 9.61. The van der Waals surface area contributed by atoms with E-state index in [1.54, 1.807) is 12.1 Å². The highest BCUT2D eigenvalue weighted by Crippen LogP contribution is 2.29. The summed E-state index contributed by atoms with van der Waals surface area (Å²) in [5.74, 6) is -3.00. The van der Waals surface area contributed by atoms with Gasteiger partial charge in [-0.05, 0) is 48.2 Å². The Bertz CT molecular complexity index is 904. The molecule has 30 heavy (non-hydrogen) atoms. The van der Waals surface area contributed by atoms with Crippen LogP contribution in [0, 0.1) is 0 Å². The first-order valence-electron chi connectivity index (χ1n) is 9.61. The van der Waals surface area contributed by atoms with Crippen molar-refractivity contribution >= 4 is 35.1 Å². The van der Waals surface area contributed by atoms with Crippen molar-refractivity contribution in [1.82, 2.24) is 0 Å². The van der Waals surface area contributed by atoms with Crippen LogP contribution >= 0.6 is 0 Å². The Morgan fingerprint density at radius 2 is 1.07 bits per heavy atom. The van der Waals surface area contributed by atoms with Crippen molar-refractivity contribution in [1.29, 1.82) is 0 Å². The lowest BCUT2D eigenvalue weighted by molar-refractivity contribution is -0.117. The van der Waals surface area contributed by atoms with E-state index in [-0.39, 0.29) is 47.2 Å².